The third kappa shape index (κ3) is 5.54. The van der Waals surface area contributed by atoms with E-state index < -0.39 is 9.84 Å². The van der Waals surface area contributed by atoms with Crippen LogP contribution in [0.5, 0.6) is 11.5 Å². The molecule has 1 amide bonds. The molecular formula is C24H27N3O5S. The summed E-state index contributed by atoms with van der Waals surface area (Å²) in [7, 11) is -1.52. The Balaban J connectivity index is 1.52. The minimum atomic E-state index is -3.12. The fourth-order valence-electron chi connectivity index (χ4n) is 3.79. The highest BCUT2D eigenvalue weighted by molar-refractivity contribution is 7.91. The average molecular weight is 470 g/mol. The Bertz CT molecular complexity index is 1220. The van der Waals surface area contributed by atoms with Gasteiger partial charge in [-0.3, -0.25) is 4.79 Å². The normalized spacial score (nSPS) is 17.0. The lowest BCUT2D eigenvalue weighted by Crippen LogP contribution is -2.23. The summed E-state index contributed by atoms with van der Waals surface area (Å²) < 4.78 is 36.5. The zero-order valence-corrected chi connectivity index (χ0v) is 19.5. The maximum Gasteiger partial charge on any atom is 0.263 e. The molecule has 0 saturated carbocycles. The highest BCUT2D eigenvalue weighted by Crippen LogP contribution is 2.31. The molecule has 0 bridgehead atoms. The molecule has 4 rings (SSSR count). The van der Waals surface area contributed by atoms with Gasteiger partial charge in [-0.25, -0.2) is 13.1 Å². The van der Waals surface area contributed by atoms with Crippen LogP contribution in [0.3, 0.4) is 0 Å². The first-order chi connectivity index (χ1) is 15.9. The van der Waals surface area contributed by atoms with Crippen LogP contribution in [0.2, 0.25) is 0 Å². The first-order valence-corrected chi connectivity index (χ1v) is 12.6. The fourth-order valence-corrected chi connectivity index (χ4v) is 5.48. The van der Waals surface area contributed by atoms with Gasteiger partial charge in [-0.1, -0.05) is 19.1 Å². The zero-order chi connectivity index (χ0) is 23.4. The summed E-state index contributed by atoms with van der Waals surface area (Å²) in [4.78, 5) is 12.6. The van der Waals surface area contributed by atoms with Crippen LogP contribution in [0, 0.1) is 0 Å². The van der Waals surface area contributed by atoms with E-state index >= 15 is 0 Å². The van der Waals surface area contributed by atoms with Crippen LogP contribution in [0.4, 0.5) is 5.82 Å². The van der Waals surface area contributed by atoms with Crippen LogP contribution in [0.1, 0.15) is 24.9 Å². The monoisotopic (exact) mass is 469 g/mol. The minimum absolute atomic E-state index is 0.000119. The van der Waals surface area contributed by atoms with Gasteiger partial charge in [0.1, 0.15) is 17.3 Å². The average Bonchev–Trinajstić information content (AvgIpc) is 3.40. The Morgan fingerprint density at radius 1 is 1.12 bits per heavy atom. The van der Waals surface area contributed by atoms with Crippen LogP contribution >= 0.6 is 0 Å². The van der Waals surface area contributed by atoms with E-state index in [1.54, 1.807) is 17.9 Å². The highest BCUT2D eigenvalue weighted by atomic mass is 32.2. The molecule has 2 aromatic carbocycles. The number of anilines is 1. The van der Waals surface area contributed by atoms with Crippen molar-refractivity contribution in [3.05, 3.63) is 60.2 Å². The summed E-state index contributed by atoms with van der Waals surface area (Å²) in [5, 5.41) is 7.47. The molecule has 174 valence electrons. The maximum absolute atomic E-state index is 12.6. The number of benzene rings is 2. The number of nitrogens with one attached hydrogen (secondary N) is 1. The molecule has 1 aliphatic heterocycles. The van der Waals surface area contributed by atoms with Gasteiger partial charge in [0.25, 0.3) is 5.91 Å². The lowest BCUT2D eigenvalue weighted by atomic mass is 10.1. The van der Waals surface area contributed by atoms with Crippen molar-refractivity contribution >= 4 is 21.6 Å². The number of carbonyl (C=O) groups is 1. The van der Waals surface area contributed by atoms with Crippen molar-refractivity contribution < 1.29 is 22.7 Å². The van der Waals surface area contributed by atoms with E-state index in [9.17, 15) is 13.2 Å². The minimum Gasteiger partial charge on any atom is -0.497 e. The topological polar surface area (TPSA) is 99.5 Å². The predicted molar refractivity (Wildman–Crippen MR) is 126 cm³/mol. The van der Waals surface area contributed by atoms with Crippen molar-refractivity contribution in [3.8, 4) is 22.8 Å². The molecule has 1 fully saturated rings. The van der Waals surface area contributed by atoms with Gasteiger partial charge in [-0.15, -0.1) is 0 Å². The van der Waals surface area contributed by atoms with Crippen molar-refractivity contribution in [2.45, 2.75) is 25.8 Å². The molecule has 3 aromatic rings. The number of amides is 1. The number of rotatable bonds is 8. The number of aromatic nitrogens is 2. The highest BCUT2D eigenvalue weighted by Gasteiger charge is 2.31. The molecule has 0 spiro atoms. The second-order valence-electron chi connectivity index (χ2n) is 7.98. The molecule has 33 heavy (non-hydrogen) atoms. The van der Waals surface area contributed by atoms with E-state index in [0.717, 1.165) is 17.7 Å². The molecule has 2 heterocycles. The fraction of sp³-hybridized carbons (Fsp3) is 0.333. The molecule has 0 radical (unpaired) electrons. The van der Waals surface area contributed by atoms with Gasteiger partial charge < -0.3 is 14.8 Å². The Hall–Kier alpha value is -3.33. The van der Waals surface area contributed by atoms with Gasteiger partial charge in [0, 0.05) is 11.6 Å². The summed E-state index contributed by atoms with van der Waals surface area (Å²) in [5.74, 6) is 1.53. The summed E-state index contributed by atoms with van der Waals surface area (Å²) in [5.41, 5.74) is 2.65. The van der Waals surface area contributed by atoms with E-state index in [1.807, 2.05) is 48.5 Å². The van der Waals surface area contributed by atoms with Crippen molar-refractivity contribution in [2.24, 2.45) is 0 Å². The largest absolute Gasteiger partial charge is 0.497 e. The third-order valence-electron chi connectivity index (χ3n) is 5.64. The summed E-state index contributed by atoms with van der Waals surface area (Å²) in [6.07, 6.45) is 1.38. The smallest absolute Gasteiger partial charge is 0.263 e. The molecule has 0 aliphatic carbocycles. The van der Waals surface area contributed by atoms with E-state index in [1.165, 1.54) is 5.56 Å². The summed E-state index contributed by atoms with van der Waals surface area (Å²) >= 11 is 0. The first kappa shape index (κ1) is 22.8. The number of sulfone groups is 1. The van der Waals surface area contributed by atoms with Gasteiger partial charge in [0.2, 0.25) is 0 Å². The van der Waals surface area contributed by atoms with Crippen LogP contribution in [0.15, 0.2) is 54.6 Å². The van der Waals surface area contributed by atoms with E-state index in [2.05, 4.69) is 17.3 Å². The summed E-state index contributed by atoms with van der Waals surface area (Å²) in [6, 6.07) is 16.4. The summed E-state index contributed by atoms with van der Waals surface area (Å²) in [6.45, 7) is 1.90. The molecular weight excluding hydrogens is 442 g/mol. The quantitative estimate of drug-likeness (QED) is 0.542. The maximum atomic E-state index is 12.6. The van der Waals surface area contributed by atoms with Crippen LogP contribution in [0.25, 0.3) is 11.3 Å². The lowest BCUT2D eigenvalue weighted by Gasteiger charge is -2.14. The number of ether oxygens (including phenoxy) is 2. The number of hydrogen-bond acceptors (Lipinski definition) is 6. The van der Waals surface area contributed by atoms with E-state index in [0.29, 0.717) is 23.7 Å². The van der Waals surface area contributed by atoms with Gasteiger partial charge in [-0.05, 0) is 54.8 Å². The predicted octanol–water partition coefficient (Wildman–Crippen LogP) is 3.50. The Morgan fingerprint density at radius 3 is 2.42 bits per heavy atom. The lowest BCUT2D eigenvalue weighted by molar-refractivity contribution is -0.118. The van der Waals surface area contributed by atoms with Gasteiger partial charge in [0.05, 0.1) is 30.4 Å². The van der Waals surface area contributed by atoms with Crippen molar-refractivity contribution in [2.75, 3.05) is 30.5 Å². The van der Waals surface area contributed by atoms with Crippen LogP contribution in [-0.2, 0) is 21.1 Å². The molecule has 9 heteroatoms. The molecule has 1 atom stereocenters. The molecule has 1 saturated heterocycles. The zero-order valence-electron chi connectivity index (χ0n) is 18.7. The molecule has 0 unspecified atom stereocenters. The second kappa shape index (κ2) is 9.66. The second-order valence-corrected chi connectivity index (χ2v) is 10.2. The Kier molecular flexibility index (Phi) is 6.69. The Labute approximate surface area is 193 Å². The Morgan fingerprint density at radius 2 is 1.82 bits per heavy atom. The van der Waals surface area contributed by atoms with Crippen molar-refractivity contribution in [1.82, 2.24) is 9.78 Å². The third-order valence-corrected chi connectivity index (χ3v) is 7.40. The van der Waals surface area contributed by atoms with Crippen molar-refractivity contribution in [3.63, 3.8) is 0 Å². The van der Waals surface area contributed by atoms with Gasteiger partial charge >= 0.3 is 0 Å². The van der Waals surface area contributed by atoms with Crippen LogP contribution in [-0.4, -0.2) is 49.3 Å². The first-order valence-electron chi connectivity index (χ1n) is 10.8. The SMILES string of the molecule is CCc1ccc(OCC(=O)Nc2cc(-c3ccc(OC)cc3)nn2[C@H]2CCS(=O)(=O)C2)cc1. The van der Waals surface area contributed by atoms with Crippen molar-refractivity contribution in [1.29, 1.82) is 0 Å². The molecule has 1 N–H and O–H groups in total. The van der Waals surface area contributed by atoms with Gasteiger partial charge in [0.15, 0.2) is 16.4 Å². The van der Waals surface area contributed by atoms with E-state index in [-0.39, 0.29) is 30.1 Å². The number of hydrogen-bond donors (Lipinski definition) is 1. The molecule has 1 aliphatic rings. The number of nitrogens with zero attached hydrogens (tertiary/aromatic N) is 2. The number of carbonyl (C=O) groups excluding carboxylic acids is 1. The van der Waals surface area contributed by atoms with Crippen LogP contribution < -0.4 is 14.8 Å². The standard InChI is InChI=1S/C24H27N3O5S/c1-3-17-4-8-21(9-5-17)32-15-24(28)25-23-14-22(18-6-10-20(31-2)11-7-18)26-27(23)19-12-13-33(29,30)16-19/h4-11,14,19H,3,12-13,15-16H2,1-2H3,(H,25,28)/t19-/m0/s1. The number of methoxy groups -OCH3 is 1. The van der Waals surface area contributed by atoms with Gasteiger partial charge in [-0.2, -0.15) is 5.10 Å². The van der Waals surface area contributed by atoms with E-state index in [4.69, 9.17) is 9.47 Å². The molecule has 1 aromatic heterocycles. The molecule has 8 nitrogen and oxygen atoms in total. The number of aryl methyl sites for hydroxylation is 1.